The zero-order chi connectivity index (χ0) is 11.4. The molecule has 1 aliphatic rings. The van der Waals surface area contributed by atoms with Gasteiger partial charge in [0.25, 0.3) is 0 Å². The number of amides is 2. The van der Waals surface area contributed by atoms with Gasteiger partial charge in [0.2, 0.25) is 0 Å². The number of rotatable bonds is 3. The van der Waals surface area contributed by atoms with Crippen LogP contribution in [0.1, 0.15) is 17.7 Å². The number of carbonyl (C=O) groups excluding carboxylic acids is 1. The van der Waals surface area contributed by atoms with Gasteiger partial charge in [0.05, 0.1) is 6.20 Å². The van der Waals surface area contributed by atoms with E-state index in [0.29, 0.717) is 6.54 Å². The molecular weight excluding hydrogens is 204 g/mol. The predicted octanol–water partition coefficient (Wildman–Crippen LogP) is 0.752. The fourth-order valence-electron chi connectivity index (χ4n) is 1.93. The standard InChI is InChI=1S/C11H16N4O/c1-2-5-12-11(16)14-9-4-3-8-7-13-15-10(8)6-9/h2,7,9H,1,3-6H2,(H,13,15)(H2,12,14,16). The van der Waals surface area contributed by atoms with Crippen LogP contribution in [0.4, 0.5) is 4.79 Å². The lowest BCUT2D eigenvalue weighted by atomic mass is 9.94. The van der Waals surface area contributed by atoms with Crippen molar-refractivity contribution in [3.8, 4) is 0 Å². The highest BCUT2D eigenvalue weighted by molar-refractivity contribution is 5.74. The van der Waals surface area contributed by atoms with Gasteiger partial charge in [0.15, 0.2) is 0 Å². The zero-order valence-corrected chi connectivity index (χ0v) is 9.12. The van der Waals surface area contributed by atoms with Crippen molar-refractivity contribution in [2.24, 2.45) is 0 Å². The minimum atomic E-state index is -0.132. The van der Waals surface area contributed by atoms with Crippen molar-refractivity contribution in [2.75, 3.05) is 6.54 Å². The molecule has 1 atom stereocenters. The molecule has 0 aromatic carbocycles. The lowest BCUT2D eigenvalue weighted by Crippen LogP contribution is -2.44. The third kappa shape index (κ3) is 2.42. The lowest BCUT2D eigenvalue weighted by Gasteiger charge is -2.22. The molecule has 1 aromatic heterocycles. The first-order valence-corrected chi connectivity index (χ1v) is 5.46. The van der Waals surface area contributed by atoms with Crippen molar-refractivity contribution in [1.29, 1.82) is 0 Å². The van der Waals surface area contributed by atoms with E-state index in [0.717, 1.165) is 25.0 Å². The number of aryl methyl sites for hydroxylation is 1. The molecule has 2 amide bonds. The summed E-state index contributed by atoms with van der Waals surface area (Å²) >= 11 is 0. The Balaban J connectivity index is 1.85. The number of H-pyrrole nitrogens is 1. The van der Waals surface area contributed by atoms with Gasteiger partial charge in [-0.25, -0.2) is 4.79 Å². The molecule has 16 heavy (non-hydrogen) atoms. The monoisotopic (exact) mass is 220 g/mol. The highest BCUT2D eigenvalue weighted by Crippen LogP contribution is 2.18. The van der Waals surface area contributed by atoms with E-state index in [2.05, 4.69) is 27.4 Å². The summed E-state index contributed by atoms with van der Waals surface area (Å²) in [5.74, 6) is 0. The summed E-state index contributed by atoms with van der Waals surface area (Å²) in [4.78, 5) is 11.4. The molecule has 1 unspecified atom stereocenters. The van der Waals surface area contributed by atoms with Crippen LogP contribution in [-0.4, -0.2) is 28.8 Å². The van der Waals surface area contributed by atoms with Crippen LogP contribution in [-0.2, 0) is 12.8 Å². The molecule has 0 bridgehead atoms. The van der Waals surface area contributed by atoms with E-state index < -0.39 is 0 Å². The summed E-state index contributed by atoms with van der Waals surface area (Å²) in [7, 11) is 0. The quantitative estimate of drug-likeness (QED) is 0.658. The molecule has 86 valence electrons. The highest BCUT2D eigenvalue weighted by atomic mass is 16.2. The molecule has 1 aromatic rings. The number of nitrogens with zero attached hydrogens (tertiary/aromatic N) is 1. The summed E-state index contributed by atoms with van der Waals surface area (Å²) in [6, 6.07) is 0.0608. The van der Waals surface area contributed by atoms with Crippen LogP contribution in [0.2, 0.25) is 0 Å². The maximum absolute atomic E-state index is 11.4. The van der Waals surface area contributed by atoms with Crippen LogP contribution >= 0.6 is 0 Å². The smallest absolute Gasteiger partial charge is 0.315 e. The first-order chi connectivity index (χ1) is 7.79. The SMILES string of the molecule is C=CCNC(=O)NC1CCc2cn[nH]c2C1. The van der Waals surface area contributed by atoms with Gasteiger partial charge in [0.1, 0.15) is 0 Å². The van der Waals surface area contributed by atoms with Crippen LogP contribution in [0.15, 0.2) is 18.9 Å². The van der Waals surface area contributed by atoms with Crippen molar-refractivity contribution >= 4 is 6.03 Å². The largest absolute Gasteiger partial charge is 0.335 e. The van der Waals surface area contributed by atoms with Gasteiger partial charge < -0.3 is 10.6 Å². The number of nitrogens with one attached hydrogen (secondary N) is 3. The maximum Gasteiger partial charge on any atom is 0.315 e. The molecular formula is C11H16N4O. The van der Waals surface area contributed by atoms with E-state index in [1.165, 1.54) is 5.56 Å². The van der Waals surface area contributed by atoms with Gasteiger partial charge in [-0.1, -0.05) is 6.08 Å². The Kier molecular flexibility index (Phi) is 3.24. The van der Waals surface area contributed by atoms with Gasteiger partial charge >= 0.3 is 6.03 Å². The number of carbonyl (C=O) groups is 1. The van der Waals surface area contributed by atoms with Gasteiger partial charge in [-0.2, -0.15) is 5.10 Å². The topological polar surface area (TPSA) is 69.8 Å². The third-order valence-corrected chi connectivity index (χ3v) is 2.76. The third-order valence-electron chi connectivity index (χ3n) is 2.76. The molecule has 1 aliphatic carbocycles. The minimum absolute atomic E-state index is 0.132. The summed E-state index contributed by atoms with van der Waals surface area (Å²) in [5, 5.41) is 12.6. The van der Waals surface area contributed by atoms with Crippen molar-refractivity contribution < 1.29 is 4.79 Å². The fraction of sp³-hybridized carbons (Fsp3) is 0.455. The van der Waals surface area contributed by atoms with Gasteiger partial charge in [-0.3, -0.25) is 5.10 Å². The molecule has 0 radical (unpaired) electrons. The molecule has 2 rings (SSSR count). The molecule has 3 N–H and O–H groups in total. The van der Waals surface area contributed by atoms with Crippen LogP contribution < -0.4 is 10.6 Å². The first kappa shape index (κ1) is 10.7. The van der Waals surface area contributed by atoms with Crippen LogP contribution in [0.3, 0.4) is 0 Å². The summed E-state index contributed by atoms with van der Waals surface area (Å²) in [6.07, 6.45) is 6.29. The van der Waals surface area contributed by atoms with E-state index in [4.69, 9.17) is 0 Å². The lowest BCUT2D eigenvalue weighted by molar-refractivity contribution is 0.236. The van der Waals surface area contributed by atoms with Crippen molar-refractivity contribution in [3.05, 3.63) is 30.1 Å². The second-order valence-corrected chi connectivity index (χ2v) is 3.96. The van der Waals surface area contributed by atoms with Crippen molar-refractivity contribution in [1.82, 2.24) is 20.8 Å². The molecule has 5 nitrogen and oxygen atoms in total. The molecule has 0 saturated heterocycles. The average molecular weight is 220 g/mol. The summed E-state index contributed by atoms with van der Waals surface area (Å²) < 4.78 is 0. The fourth-order valence-corrected chi connectivity index (χ4v) is 1.93. The molecule has 0 aliphatic heterocycles. The molecule has 0 fully saturated rings. The molecule has 0 spiro atoms. The molecule has 5 heteroatoms. The van der Waals surface area contributed by atoms with E-state index in [1.54, 1.807) is 6.08 Å². The summed E-state index contributed by atoms with van der Waals surface area (Å²) in [5.41, 5.74) is 2.41. The maximum atomic E-state index is 11.4. The Morgan fingerprint density at radius 3 is 3.44 bits per heavy atom. The molecule has 1 heterocycles. The second-order valence-electron chi connectivity index (χ2n) is 3.96. The number of aromatic amines is 1. The van der Waals surface area contributed by atoms with Crippen molar-refractivity contribution in [3.63, 3.8) is 0 Å². The van der Waals surface area contributed by atoms with Crippen LogP contribution in [0, 0.1) is 0 Å². The Labute approximate surface area is 94.3 Å². The van der Waals surface area contributed by atoms with E-state index >= 15 is 0 Å². The number of hydrogen-bond donors (Lipinski definition) is 3. The van der Waals surface area contributed by atoms with Gasteiger partial charge in [0, 0.05) is 24.7 Å². The Morgan fingerprint density at radius 2 is 2.62 bits per heavy atom. The second kappa shape index (κ2) is 4.83. The number of fused-ring (bicyclic) bond motifs is 1. The Bertz CT molecular complexity index is 385. The van der Waals surface area contributed by atoms with E-state index in [9.17, 15) is 4.79 Å². The first-order valence-electron chi connectivity index (χ1n) is 5.46. The zero-order valence-electron chi connectivity index (χ0n) is 9.12. The average Bonchev–Trinajstić information content (AvgIpc) is 2.73. The summed E-state index contributed by atoms with van der Waals surface area (Å²) in [6.45, 7) is 4.04. The molecule has 0 saturated carbocycles. The normalized spacial score (nSPS) is 18.6. The van der Waals surface area contributed by atoms with E-state index in [1.807, 2.05) is 6.20 Å². The van der Waals surface area contributed by atoms with Gasteiger partial charge in [-0.05, 0) is 18.4 Å². The number of urea groups is 1. The Hall–Kier alpha value is -1.78. The van der Waals surface area contributed by atoms with Gasteiger partial charge in [-0.15, -0.1) is 6.58 Å². The Morgan fingerprint density at radius 1 is 1.75 bits per heavy atom. The van der Waals surface area contributed by atoms with Crippen molar-refractivity contribution in [2.45, 2.75) is 25.3 Å². The predicted molar refractivity (Wildman–Crippen MR) is 61.1 cm³/mol. The highest BCUT2D eigenvalue weighted by Gasteiger charge is 2.21. The van der Waals surface area contributed by atoms with Crippen LogP contribution in [0.5, 0.6) is 0 Å². The minimum Gasteiger partial charge on any atom is -0.335 e. The van der Waals surface area contributed by atoms with Crippen LogP contribution in [0.25, 0.3) is 0 Å². The number of aromatic nitrogens is 2. The number of hydrogen-bond acceptors (Lipinski definition) is 2. The van der Waals surface area contributed by atoms with E-state index in [-0.39, 0.29) is 12.1 Å².